The number of nitro groups is 1. The highest BCUT2D eigenvalue weighted by atomic mass is 16.6. The number of hydrogen-bond donors (Lipinski definition) is 0. The molecule has 1 fully saturated rings. The van der Waals surface area contributed by atoms with E-state index in [9.17, 15) is 14.9 Å². The van der Waals surface area contributed by atoms with Crippen LogP contribution in [0.3, 0.4) is 0 Å². The van der Waals surface area contributed by atoms with Crippen LogP contribution in [0.1, 0.15) is 16.2 Å². The molecule has 3 aromatic rings. The number of aryl methyl sites for hydroxylation is 1. The van der Waals surface area contributed by atoms with Gasteiger partial charge in [0.1, 0.15) is 11.4 Å². The largest absolute Gasteiger partial charge is 0.352 e. The van der Waals surface area contributed by atoms with Crippen LogP contribution in [0.5, 0.6) is 0 Å². The van der Waals surface area contributed by atoms with Crippen molar-refractivity contribution < 1.29 is 9.72 Å². The first-order valence-electron chi connectivity index (χ1n) is 9.16. The molecule has 1 saturated heterocycles. The van der Waals surface area contributed by atoms with Crippen molar-refractivity contribution >= 4 is 17.4 Å². The smallest absolute Gasteiger partial charge is 0.282 e. The number of amides is 1. The van der Waals surface area contributed by atoms with E-state index < -0.39 is 4.92 Å². The summed E-state index contributed by atoms with van der Waals surface area (Å²) in [7, 11) is 0. The summed E-state index contributed by atoms with van der Waals surface area (Å²) in [6.07, 6.45) is 3.53. The van der Waals surface area contributed by atoms with Crippen molar-refractivity contribution in [1.29, 1.82) is 0 Å². The number of piperazine rings is 1. The maximum absolute atomic E-state index is 12.7. The van der Waals surface area contributed by atoms with Gasteiger partial charge in [-0.2, -0.15) is 0 Å². The van der Waals surface area contributed by atoms with Gasteiger partial charge in [-0.25, -0.2) is 4.98 Å². The molecule has 0 atom stereocenters. The number of benzene rings is 1. The zero-order chi connectivity index (χ0) is 20.4. The van der Waals surface area contributed by atoms with Crippen molar-refractivity contribution in [3.8, 4) is 5.82 Å². The Hall–Kier alpha value is -3.82. The summed E-state index contributed by atoms with van der Waals surface area (Å²) in [5, 5.41) is 19.8. The van der Waals surface area contributed by atoms with Crippen molar-refractivity contribution in [3.05, 3.63) is 70.3 Å². The molecule has 1 amide bonds. The van der Waals surface area contributed by atoms with Gasteiger partial charge in [0.15, 0.2) is 11.6 Å². The predicted octanol–water partition coefficient (Wildman–Crippen LogP) is 1.84. The Morgan fingerprint density at radius 3 is 2.34 bits per heavy atom. The molecule has 0 radical (unpaired) electrons. The molecule has 0 unspecified atom stereocenters. The van der Waals surface area contributed by atoms with Crippen LogP contribution in [0.25, 0.3) is 5.82 Å². The van der Waals surface area contributed by atoms with Gasteiger partial charge < -0.3 is 9.80 Å². The van der Waals surface area contributed by atoms with Crippen molar-refractivity contribution in [2.75, 3.05) is 31.1 Å². The number of nitrogens with zero attached hydrogens (tertiary/aromatic N) is 7. The van der Waals surface area contributed by atoms with Gasteiger partial charge in [-0.15, -0.1) is 10.2 Å². The zero-order valence-corrected chi connectivity index (χ0v) is 15.8. The summed E-state index contributed by atoms with van der Waals surface area (Å²) >= 11 is 0. The Morgan fingerprint density at radius 2 is 1.72 bits per heavy atom. The van der Waals surface area contributed by atoms with Crippen molar-refractivity contribution in [2.45, 2.75) is 6.92 Å². The van der Waals surface area contributed by atoms with Gasteiger partial charge in [-0.1, -0.05) is 12.1 Å². The summed E-state index contributed by atoms with van der Waals surface area (Å²) in [4.78, 5) is 31.3. The minimum absolute atomic E-state index is 0.116. The number of aromatic nitrogens is 4. The summed E-state index contributed by atoms with van der Waals surface area (Å²) in [5.41, 5.74) is -0.0537. The Kier molecular flexibility index (Phi) is 4.90. The minimum Gasteiger partial charge on any atom is -0.352 e. The fourth-order valence-corrected chi connectivity index (χ4v) is 3.36. The van der Waals surface area contributed by atoms with Gasteiger partial charge in [-0.3, -0.25) is 19.5 Å². The Labute approximate surface area is 166 Å². The normalized spacial score (nSPS) is 14.1. The van der Waals surface area contributed by atoms with Gasteiger partial charge in [0.2, 0.25) is 0 Å². The molecule has 148 valence electrons. The summed E-state index contributed by atoms with van der Waals surface area (Å²) in [6.45, 7) is 3.95. The van der Waals surface area contributed by atoms with E-state index in [4.69, 9.17) is 0 Å². The average Bonchev–Trinajstić information content (AvgIpc) is 3.19. The molecule has 1 aromatic carbocycles. The first kappa shape index (κ1) is 18.5. The fourth-order valence-electron chi connectivity index (χ4n) is 3.36. The maximum Gasteiger partial charge on any atom is 0.282 e. The summed E-state index contributed by atoms with van der Waals surface area (Å²) < 4.78 is 1.85. The second kappa shape index (κ2) is 7.66. The molecule has 0 N–H and O–H groups in total. The van der Waals surface area contributed by atoms with E-state index in [2.05, 4.69) is 15.2 Å². The van der Waals surface area contributed by atoms with E-state index in [1.54, 1.807) is 23.2 Å². The zero-order valence-electron chi connectivity index (χ0n) is 15.8. The third-order valence-electron chi connectivity index (χ3n) is 4.93. The number of carbonyl (C=O) groups is 1. The maximum atomic E-state index is 12.7. The molecule has 1 aliphatic heterocycles. The van der Waals surface area contributed by atoms with Crippen LogP contribution in [0.4, 0.5) is 11.5 Å². The van der Waals surface area contributed by atoms with Crippen LogP contribution in [-0.4, -0.2) is 61.7 Å². The molecule has 0 aliphatic carbocycles. The van der Waals surface area contributed by atoms with E-state index >= 15 is 0 Å². The average molecular weight is 393 g/mol. The Morgan fingerprint density at radius 1 is 1.03 bits per heavy atom. The second-order valence-electron chi connectivity index (χ2n) is 6.65. The van der Waals surface area contributed by atoms with Gasteiger partial charge in [0, 0.05) is 44.6 Å². The van der Waals surface area contributed by atoms with Gasteiger partial charge in [0.05, 0.1) is 4.92 Å². The lowest BCUT2D eigenvalue weighted by atomic mass is 10.1. The lowest BCUT2D eigenvalue weighted by Gasteiger charge is -2.35. The van der Waals surface area contributed by atoms with E-state index in [0.29, 0.717) is 32.0 Å². The first-order valence-corrected chi connectivity index (χ1v) is 9.16. The van der Waals surface area contributed by atoms with E-state index in [1.807, 2.05) is 34.7 Å². The number of anilines is 1. The van der Waals surface area contributed by atoms with Crippen molar-refractivity contribution in [1.82, 2.24) is 24.6 Å². The standard InChI is InChI=1S/C19H19N7O3/c1-14-20-8-9-25(14)18-7-6-17(21-22-18)23-10-12-24(13-11-23)19(27)15-4-2-3-5-16(15)26(28)29/h2-9H,10-13H2,1H3. The molecular weight excluding hydrogens is 374 g/mol. The molecule has 0 bridgehead atoms. The number of imidazole rings is 1. The van der Waals surface area contributed by atoms with E-state index in [1.165, 1.54) is 12.1 Å². The number of carbonyl (C=O) groups excluding carboxylic acids is 1. The highest BCUT2D eigenvalue weighted by Crippen LogP contribution is 2.21. The lowest BCUT2D eigenvalue weighted by Crippen LogP contribution is -2.49. The van der Waals surface area contributed by atoms with Gasteiger partial charge >= 0.3 is 0 Å². The first-order chi connectivity index (χ1) is 14.0. The third-order valence-corrected chi connectivity index (χ3v) is 4.93. The van der Waals surface area contributed by atoms with Crippen LogP contribution in [-0.2, 0) is 0 Å². The van der Waals surface area contributed by atoms with E-state index in [-0.39, 0.29) is 17.2 Å². The molecule has 1 aliphatic rings. The van der Waals surface area contributed by atoms with Crippen LogP contribution in [0.15, 0.2) is 48.8 Å². The third kappa shape index (κ3) is 3.64. The molecule has 29 heavy (non-hydrogen) atoms. The highest BCUT2D eigenvalue weighted by molar-refractivity contribution is 5.98. The fraction of sp³-hybridized carbons (Fsp3) is 0.263. The highest BCUT2D eigenvalue weighted by Gasteiger charge is 2.27. The molecular formula is C19H19N7O3. The number of nitro benzene ring substituents is 1. The number of rotatable bonds is 4. The topological polar surface area (TPSA) is 110 Å². The van der Waals surface area contributed by atoms with Gasteiger partial charge in [-0.05, 0) is 25.1 Å². The van der Waals surface area contributed by atoms with Crippen LogP contribution in [0.2, 0.25) is 0 Å². The molecule has 3 heterocycles. The van der Waals surface area contributed by atoms with Crippen molar-refractivity contribution in [3.63, 3.8) is 0 Å². The van der Waals surface area contributed by atoms with E-state index in [0.717, 1.165) is 11.6 Å². The predicted molar refractivity (Wildman–Crippen MR) is 105 cm³/mol. The van der Waals surface area contributed by atoms with Crippen LogP contribution >= 0.6 is 0 Å². The molecule has 4 rings (SSSR count). The second-order valence-corrected chi connectivity index (χ2v) is 6.65. The molecule has 10 heteroatoms. The molecule has 0 saturated carbocycles. The monoisotopic (exact) mass is 393 g/mol. The van der Waals surface area contributed by atoms with Crippen LogP contribution < -0.4 is 4.90 Å². The minimum atomic E-state index is -0.525. The molecule has 0 spiro atoms. The summed E-state index contributed by atoms with van der Waals surface area (Å²) in [6, 6.07) is 9.80. The van der Waals surface area contributed by atoms with Crippen LogP contribution in [0, 0.1) is 17.0 Å². The Balaban J connectivity index is 1.43. The quantitative estimate of drug-likeness (QED) is 0.491. The lowest BCUT2D eigenvalue weighted by molar-refractivity contribution is -0.385. The van der Waals surface area contributed by atoms with Gasteiger partial charge in [0.25, 0.3) is 11.6 Å². The summed E-state index contributed by atoms with van der Waals surface area (Å²) in [5.74, 6) is 1.92. The van der Waals surface area contributed by atoms with Crippen molar-refractivity contribution in [2.24, 2.45) is 0 Å². The Bertz CT molecular complexity index is 1040. The molecule has 10 nitrogen and oxygen atoms in total. The number of para-hydroxylation sites is 1. The number of hydrogen-bond acceptors (Lipinski definition) is 7. The SMILES string of the molecule is Cc1nccn1-c1ccc(N2CCN(C(=O)c3ccccc3[N+](=O)[O-])CC2)nn1. The molecule has 2 aromatic heterocycles.